The molecule has 0 atom stereocenters. The van der Waals surface area contributed by atoms with Crippen molar-refractivity contribution in [1.29, 1.82) is 0 Å². The summed E-state index contributed by atoms with van der Waals surface area (Å²) in [5.74, 6) is 0. The van der Waals surface area contributed by atoms with Gasteiger partial charge >= 0.3 is 0 Å². The number of rotatable bonds is 2. The van der Waals surface area contributed by atoms with Gasteiger partial charge in [-0.25, -0.2) is 0 Å². The van der Waals surface area contributed by atoms with Gasteiger partial charge in [-0.3, -0.25) is 4.98 Å². The summed E-state index contributed by atoms with van der Waals surface area (Å²) in [7, 11) is 4.03. The molecule has 0 N–H and O–H groups in total. The predicted molar refractivity (Wildman–Crippen MR) is 51.2 cm³/mol. The molecule has 0 bridgehead atoms. The van der Waals surface area contributed by atoms with Crippen LogP contribution in [-0.2, 0) is 5.33 Å². The fourth-order valence-electron chi connectivity index (χ4n) is 0.940. The van der Waals surface area contributed by atoms with Crippen molar-refractivity contribution < 1.29 is 0 Å². The van der Waals surface area contributed by atoms with Crippen LogP contribution in [0.1, 0.15) is 5.69 Å². The lowest BCUT2D eigenvalue weighted by molar-refractivity contribution is 1.07. The third kappa shape index (κ3) is 1.93. The summed E-state index contributed by atoms with van der Waals surface area (Å²) in [6.07, 6.45) is 1.81. The summed E-state index contributed by atoms with van der Waals surface area (Å²) in [4.78, 5) is 6.29. The molecule has 0 aliphatic heterocycles. The Morgan fingerprint density at radius 3 is 2.73 bits per heavy atom. The monoisotopic (exact) mass is 214 g/mol. The number of halogens is 1. The molecule has 1 heterocycles. The van der Waals surface area contributed by atoms with E-state index in [0.29, 0.717) is 0 Å². The zero-order valence-electron chi connectivity index (χ0n) is 6.71. The zero-order chi connectivity index (χ0) is 8.27. The molecule has 0 amide bonds. The van der Waals surface area contributed by atoms with Crippen molar-refractivity contribution in [2.45, 2.75) is 5.33 Å². The number of alkyl halides is 1. The summed E-state index contributed by atoms with van der Waals surface area (Å²) in [6, 6.07) is 4.01. The Morgan fingerprint density at radius 2 is 2.27 bits per heavy atom. The summed E-state index contributed by atoms with van der Waals surface area (Å²) in [5, 5.41) is 0.807. The number of aromatic nitrogens is 1. The lowest BCUT2D eigenvalue weighted by Gasteiger charge is -2.14. The van der Waals surface area contributed by atoms with Crippen LogP contribution < -0.4 is 4.90 Å². The van der Waals surface area contributed by atoms with Crippen molar-refractivity contribution in [3.05, 3.63) is 24.0 Å². The van der Waals surface area contributed by atoms with Crippen molar-refractivity contribution in [1.82, 2.24) is 4.98 Å². The van der Waals surface area contributed by atoms with E-state index in [2.05, 4.69) is 31.9 Å². The molecule has 0 radical (unpaired) electrons. The molecule has 2 nitrogen and oxygen atoms in total. The Kier molecular flexibility index (Phi) is 2.88. The molecule has 0 saturated heterocycles. The lowest BCUT2D eigenvalue weighted by Crippen LogP contribution is -2.11. The van der Waals surface area contributed by atoms with Gasteiger partial charge < -0.3 is 4.90 Å². The van der Waals surface area contributed by atoms with Crippen molar-refractivity contribution >= 4 is 21.6 Å². The van der Waals surface area contributed by atoms with Gasteiger partial charge in [0, 0.05) is 25.6 Å². The zero-order valence-corrected chi connectivity index (χ0v) is 8.30. The van der Waals surface area contributed by atoms with Crippen molar-refractivity contribution in [3.63, 3.8) is 0 Å². The fraction of sp³-hybridized carbons (Fsp3) is 0.375. The van der Waals surface area contributed by atoms with Crippen LogP contribution in [0.3, 0.4) is 0 Å². The van der Waals surface area contributed by atoms with Gasteiger partial charge in [0.2, 0.25) is 0 Å². The molecule has 60 valence electrons. The molecule has 0 aliphatic carbocycles. The third-order valence-corrected chi connectivity index (χ3v) is 2.01. The minimum atomic E-state index is 0.807. The molecule has 11 heavy (non-hydrogen) atoms. The fourth-order valence-corrected chi connectivity index (χ4v) is 1.37. The molecule has 0 unspecified atom stereocenters. The molecule has 0 aromatic carbocycles. The first kappa shape index (κ1) is 8.53. The minimum Gasteiger partial charge on any atom is -0.376 e. The van der Waals surface area contributed by atoms with E-state index in [4.69, 9.17) is 0 Å². The first-order valence-corrected chi connectivity index (χ1v) is 4.55. The van der Waals surface area contributed by atoms with Crippen LogP contribution in [0.25, 0.3) is 0 Å². The Bertz CT molecular complexity index is 235. The van der Waals surface area contributed by atoms with Crippen LogP contribution in [0.15, 0.2) is 18.3 Å². The van der Waals surface area contributed by atoms with Gasteiger partial charge in [0.25, 0.3) is 0 Å². The summed E-state index contributed by atoms with van der Waals surface area (Å²) in [5.41, 5.74) is 2.25. The highest BCUT2D eigenvalue weighted by molar-refractivity contribution is 9.08. The Balaban J connectivity index is 3.02. The minimum absolute atomic E-state index is 0.807. The molecule has 1 aromatic rings. The number of anilines is 1. The Morgan fingerprint density at radius 1 is 1.55 bits per heavy atom. The van der Waals surface area contributed by atoms with Gasteiger partial charge in [-0.2, -0.15) is 0 Å². The highest BCUT2D eigenvalue weighted by atomic mass is 79.9. The van der Waals surface area contributed by atoms with Crippen LogP contribution in [0, 0.1) is 0 Å². The van der Waals surface area contributed by atoms with Gasteiger partial charge in [-0.1, -0.05) is 15.9 Å². The molecule has 1 aromatic heterocycles. The first-order chi connectivity index (χ1) is 5.25. The quantitative estimate of drug-likeness (QED) is 0.702. The van der Waals surface area contributed by atoms with Gasteiger partial charge in [-0.05, 0) is 12.1 Å². The van der Waals surface area contributed by atoms with Gasteiger partial charge in [-0.15, -0.1) is 0 Å². The third-order valence-electron chi connectivity index (χ3n) is 1.47. The number of pyridine rings is 1. The Labute approximate surface area is 75.4 Å². The number of hydrogen-bond acceptors (Lipinski definition) is 2. The van der Waals surface area contributed by atoms with Crippen LogP contribution in [0.4, 0.5) is 5.69 Å². The number of hydrogen-bond donors (Lipinski definition) is 0. The van der Waals surface area contributed by atoms with Crippen LogP contribution >= 0.6 is 15.9 Å². The smallest absolute Gasteiger partial charge is 0.0741 e. The largest absolute Gasteiger partial charge is 0.376 e. The topological polar surface area (TPSA) is 16.1 Å². The maximum atomic E-state index is 4.23. The maximum Gasteiger partial charge on any atom is 0.0741 e. The average molecular weight is 215 g/mol. The highest BCUT2D eigenvalue weighted by Crippen LogP contribution is 2.17. The van der Waals surface area contributed by atoms with Crippen LogP contribution in [-0.4, -0.2) is 19.1 Å². The highest BCUT2D eigenvalue weighted by Gasteiger charge is 2.01. The van der Waals surface area contributed by atoms with E-state index in [1.165, 1.54) is 5.69 Å². The van der Waals surface area contributed by atoms with Crippen molar-refractivity contribution in [3.8, 4) is 0 Å². The molecule has 3 heteroatoms. The predicted octanol–water partition coefficient (Wildman–Crippen LogP) is 2.04. The second kappa shape index (κ2) is 3.72. The SMILES string of the molecule is CN(C)c1cccnc1CBr. The second-order valence-electron chi connectivity index (χ2n) is 2.50. The van der Waals surface area contributed by atoms with E-state index in [9.17, 15) is 0 Å². The van der Waals surface area contributed by atoms with E-state index < -0.39 is 0 Å². The first-order valence-electron chi connectivity index (χ1n) is 3.43. The maximum absolute atomic E-state index is 4.23. The van der Waals surface area contributed by atoms with E-state index in [0.717, 1.165) is 11.0 Å². The van der Waals surface area contributed by atoms with Gasteiger partial charge in [0.15, 0.2) is 0 Å². The van der Waals surface area contributed by atoms with Crippen LogP contribution in [0.5, 0.6) is 0 Å². The van der Waals surface area contributed by atoms with Gasteiger partial charge in [0.05, 0.1) is 11.4 Å². The van der Waals surface area contributed by atoms with Crippen molar-refractivity contribution in [2.75, 3.05) is 19.0 Å². The molecule has 0 fully saturated rings. The number of nitrogens with zero attached hydrogens (tertiary/aromatic N) is 2. The summed E-state index contributed by atoms with van der Waals surface area (Å²) < 4.78 is 0. The van der Waals surface area contributed by atoms with E-state index in [1.54, 1.807) is 0 Å². The van der Waals surface area contributed by atoms with E-state index in [-0.39, 0.29) is 0 Å². The standard InChI is InChI=1S/C8H11BrN2/c1-11(2)8-4-3-5-10-7(8)6-9/h3-5H,6H2,1-2H3. The molecular weight excluding hydrogens is 204 g/mol. The molecular formula is C8H11BrN2. The Hall–Kier alpha value is -0.570. The lowest BCUT2D eigenvalue weighted by atomic mass is 10.3. The van der Waals surface area contributed by atoms with Crippen LogP contribution in [0.2, 0.25) is 0 Å². The van der Waals surface area contributed by atoms with Crippen molar-refractivity contribution in [2.24, 2.45) is 0 Å². The molecule has 0 spiro atoms. The molecule has 1 rings (SSSR count). The van der Waals surface area contributed by atoms with E-state index >= 15 is 0 Å². The summed E-state index contributed by atoms with van der Waals surface area (Å²) in [6.45, 7) is 0. The second-order valence-corrected chi connectivity index (χ2v) is 3.06. The molecule has 0 saturated carbocycles. The molecule has 0 aliphatic rings. The normalized spacial score (nSPS) is 9.73. The van der Waals surface area contributed by atoms with Gasteiger partial charge in [0.1, 0.15) is 0 Å². The average Bonchev–Trinajstić information content (AvgIpc) is 2.04. The van der Waals surface area contributed by atoms with E-state index in [1.807, 2.05) is 26.4 Å². The summed E-state index contributed by atoms with van der Waals surface area (Å²) >= 11 is 3.39.